The zero-order valence-corrected chi connectivity index (χ0v) is 8.93. The van der Waals surface area contributed by atoms with Gasteiger partial charge in [0.2, 0.25) is 0 Å². The third kappa shape index (κ3) is 9.34. The maximum absolute atomic E-state index is 11.1. The van der Waals surface area contributed by atoms with E-state index in [0.717, 1.165) is 19.3 Å². The van der Waals surface area contributed by atoms with Gasteiger partial charge in [-0.15, -0.1) is 0 Å². The Balaban J connectivity index is 3.41. The molecule has 0 heterocycles. The van der Waals surface area contributed by atoms with Gasteiger partial charge in [-0.05, 0) is 20.3 Å². The minimum atomic E-state index is -0.457. The number of hydrogen-bond donors (Lipinski definition) is 1. The molecule has 0 aliphatic carbocycles. The van der Waals surface area contributed by atoms with E-state index < -0.39 is 5.54 Å². The molecule has 0 bridgehead atoms. The lowest BCUT2D eigenvalue weighted by Gasteiger charge is -2.16. The Labute approximate surface area is 80.6 Å². The van der Waals surface area contributed by atoms with Crippen molar-refractivity contribution >= 4 is 5.97 Å². The maximum Gasteiger partial charge on any atom is 0.307 e. The SMILES string of the molecule is CCCCCOC(=O)CC(C)(C)N. The van der Waals surface area contributed by atoms with Crippen LogP contribution in [0.3, 0.4) is 0 Å². The van der Waals surface area contributed by atoms with E-state index in [2.05, 4.69) is 6.92 Å². The fourth-order valence-electron chi connectivity index (χ4n) is 0.961. The van der Waals surface area contributed by atoms with E-state index in [0.29, 0.717) is 13.0 Å². The first-order valence-electron chi connectivity index (χ1n) is 4.90. The molecule has 13 heavy (non-hydrogen) atoms. The van der Waals surface area contributed by atoms with Gasteiger partial charge in [0.15, 0.2) is 0 Å². The summed E-state index contributed by atoms with van der Waals surface area (Å²) < 4.78 is 5.00. The molecule has 0 aliphatic heterocycles. The average molecular weight is 187 g/mol. The van der Waals surface area contributed by atoms with E-state index in [-0.39, 0.29) is 5.97 Å². The molecule has 0 unspecified atom stereocenters. The Morgan fingerprint density at radius 2 is 2.00 bits per heavy atom. The second-order valence-electron chi connectivity index (χ2n) is 4.09. The highest BCUT2D eigenvalue weighted by molar-refractivity contribution is 5.70. The van der Waals surface area contributed by atoms with Gasteiger partial charge in [0.25, 0.3) is 0 Å². The van der Waals surface area contributed by atoms with Crippen molar-refractivity contribution in [3.63, 3.8) is 0 Å². The molecule has 0 saturated carbocycles. The number of nitrogens with two attached hydrogens (primary N) is 1. The van der Waals surface area contributed by atoms with Gasteiger partial charge in [0.05, 0.1) is 13.0 Å². The number of hydrogen-bond acceptors (Lipinski definition) is 3. The second-order valence-corrected chi connectivity index (χ2v) is 4.09. The van der Waals surface area contributed by atoms with Gasteiger partial charge in [-0.3, -0.25) is 4.79 Å². The molecule has 2 N–H and O–H groups in total. The standard InChI is InChI=1S/C10H21NO2/c1-4-5-6-7-13-9(12)8-10(2,3)11/h4-8,11H2,1-3H3. The first kappa shape index (κ1) is 12.4. The normalized spacial score (nSPS) is 11.4. The van der Waals surface area contributed by atoms with Crippen LogP contribution in [0.25, 0.3) is 0 Å². The van der Waals surface area contributed by atoms with Crippen LogP contribution in [-0.2, 0) is 9.53 Å². The number of esters is 1. The van der Waals surface area contributed by atoms with E-state index in [4.69, 9.17) is 10.5 Å². The van der Waals surface area contributed by atoms with Crippen molar-refractivity contribution in [2.75, 3.05) is 6.61 Å². The molecule has 0 aromatic carbocycles. The first-order chi connectivity index (χ1) is 5.95. The largest absolute Gasteiger partial charge is 0.466 e. The molecule has 3 heteroatoms. The Bertz CT molecular complexity index is 149. The summed E-state index contributed by atoms with van der Waals surface area (Å²) in [4.78, 5) is 11.1. The first-order valence-corrected chi connectivity index (χ1v) is 4.90. The Hall–Kier alpha value is -0.570. The van der Waals surface area contributed by atoms with E-state index >= 15 is 0 Å². The summed E-state index contributed by atoms with van der Waals surface area (Å²) in [5.74, 6) is -0.191. The molecular formula is C10H21NO2. The van der Waals surface area contributed by atoms with Crippen LogP contribution < -0.4 is 5.73 Å². The summed E-state index contributed by atoms with van der Waals surface area (Å²) in [6.07, 6.45) is 3.49. The lowest BCUT2D eigenvalue weighted by atomic mass is 10.0. The van der Waals surface area contributed by atoms with Crippen LogP contribution in [0.15, 0.2) is 0 Å². The highest BCUT2D eigenvalue weighted by Gasteiger charge is 2.16. The van der Waals surface area contributed by atoms with Crippen molar-refractivity contribution in [2.45, 2.75) is 52.0 Å². The van der Waals surface area contributed by atoms with Crippen LogP contribution in [0.1, 0.15) is 46.5 Å². The monoisotopic (exact) mass is 187 g/mol. The van der Waals surface area contributed by atoms with E-state index in [9.17, 15) is 4.79 Å². The van der Waals surface area contributed by atoms with E-state index in [1.54, 1.807) is 0 Å². The van der Waals surface area contributed by atoms with Gasteiger partial charge in [-0.2, -0.15) is 0 Å². The quantitative estimate of drug-likeness (QED) is 0.510. The summed E-state index contributed by atoms with van der Waals surface area (Å²) in [6.45, 7) is 6.29. The third-order valence-electron chi connectivity index (χ3n) is 1.61. The predicted octanol–water partition coefficient (Wildman–Crippen LogP) is 1.85. The molecule has 0 aromatic rings. The highest BCUT2D eigenvalue weighted by Crippen LogP contribution is 2.05. The molecule has 0 spiro atoms. The van der Waals surface area contributed by atoms with E-state index in [1.165, 1.54) is 0 Å². The Morgan fingerprint density at radius 1 is 1.38 bits per heavy atom. The van der Waals surface area contributed by atoms with Crippen LogP contribution in [-0.4, -0.2) is 18.1 Å². The Kier molecular flexibility index (Phi) is 5.71. The van der Waals surface area contributed by atoms with Gasteiger partial charge < -0.3 is 10.5 Å². The zero-order valence-electron chi connectivity index (χ0n) is 8.93. The Morgan fingerprint density at radius 3 is 2.46 bits per heavy atom. The molecule has 0 aliphatic rings. The predicted molar refractivity (Wildman–Crippen MR) is 53.4 cm³/mol. The van der Waals surface area contributed by atoms with Crippen LogP contribution in [0.4, 0.5) is 0 Å². The topological polar surface area (TPSA) is 52.3 Å². The average Bonchev–Trinajstić information content (AvgIpc) is 1.94. The van der Waals surface area contributed by atoms with Gasteiger partial charge in [-0.25, -0.2) is 0 Å². The van der Waals surface area contributed by atoms with Gasteiger partial charge >= 0.3 is 5.97 Å². The van der Waals surface area contributed by atoms with Crippen molar-refractivity contribution in [1.29, 1.82) is 0 Å². The lowest BCUT2D eigenvalue weighted by Crippen LogP contribution is -2.35. The maximum atomic E-state index is 11.1. The summed E-state index contributed by atoms with van der Waals surface area (Å²) in [7, 11) is 0. The molecule has 0 atom stereocenters. The highest BCUT2D eigenvalue weighted by atomic mass is 16.5. The molecule has 0 fully saturated rings. The van der Waals surface area contributed by atoms with Crippen molar-refractivity contribution < 1.29 is 9.53 Å². The minimum Gasteiger partial charge on any atom is -0.466 e. The molecule has 78 valence electrons. The number of carbonyl (C=O) groups is 1. The summed E-state index contributed by atoms with van der Waals surface area (Å²) in [5, 5.41) is 0. The second kappa shape index (κ2) is 5.97. The van der Waals surface area contributed by atoms with Crippen molar-refractivity contribution in [1.82, 2.24) is 0 Å². The van der Waals surface area contributed by atoms with Crippen molar-refractivity contribution in [3.05, 3.63) is 0 Å². The molecule has 3 nitrogen and oxygen atoms in total. The molecule has 0 saturated heterocycles. The van der Waals surface area contributed by atoms with Gasteiger partial charge in [-0.1, -0.05) is 19.8 Å². The van der Waals surface area contributed by atoms with Crippen LogP contribution in [0.2, 0.25) is 0 Å². The summed E-state index contributed by atoms with van der Waals surface area (Å²) in [6, 6.07) is 0. The smallest absolute Gasteiger partial charge is 0.307 e. The van der Waals surface area contributed by atoms with Crippen LogP contribution in [0.5, 0.6) is 0 Å². The van der Waals surface area contributed by atoms with Gasteiger partial charge in [0, 0.05) is 5.54 Å². The van der Waals surface area contributed by atoms with Crippen molar-refractivity contribution in [2.24, 2.45) is 5.73 Å². The lowest BCUT2D eigenvalue weighted by molar-refractivity contribution is -0.144. The van der Waals surface area contributed by atoms with Crippen LogP contribution in [0, 0.1) is 0 Å². The molecule has 0 rings (SSSR count). The fourth-order valence-corrected chi connectivity index (χ4v) is 0.961. The molecular weight excluding hydrogens is 166 g/mol. The van der Waals surface area contributed by atoms with Gasteiger partial charge in [0.1, 0.15) is 0 Å². The fraction of sp³-hybridized carbons (Fsp3) is 0.900. The van der Waals surface area contributed by atoms with Crippen molar-refractivity contribution in [3.8, 4) is 0 Å². The third-order valence-corrected chi connectivity index (χ3v) is 1.61. The number of ether oxygens (including phenoxy) is 1. The number of carbonyl (C=O) groups excluding carboxylic acids is 1. The summed E-state index contributed by atoms with van der Waals surface area (Å²) in [5.41, 5.74) is 5.21. The molecule has 0 radical (unpaired) electrons. The molecule has 0 aromatic heterocycles. The molecule has 0 amide bonds. The number of unbranched alkanes of at least 4 members (excludes halogenated alkanes) is 2. The zero-order chi connectivity index (χ0) is 10.3. The van der Waals surface area contributed by atoms with Crippen LogP contribution >= 0.6 is 0 Å². The number of rotatable bonds is 6. The summed E-state index contributed by atoms with van der Waals surface area (Å²) >= 11 is 0. The minimum absolute atomic E-state index is 0.191. The van der Waals surface area contributed by atoms with E-state index in [1.807, 2.05) is 13.8 Å².